The number of carbonyl (C=O) groups is 2. The van der Waals surface area contributed by atoms with Crippen LogP contribution in [0.15, 0.2) is 52.9 Å². The number of thiophene rings is 1. The second kappa shape index (κ2) is 9.90. The molecule has 0 unspecified atom stereocenters. The highest BCUT2D eigenvalue weighted by Crippen LogP contribution is 2.30. The molecular weight excluding hydrogens is 414 g/mol. The minimum absolute atomic E-state index is 0.361. The summed E-state index contributed by atoms with van der Waals surface area (Å²) in [5, 5.41) is 9.08. The number of hydrazone groups is 1. The Balaban J connectivity index is 1.73. The molecule has 0 fully saturated rings. The maximum Gasteiger partial charge on any atom is 0.274 e. The second-order valence-corrected chi connectivity index (χ2v) is 7.64. The molecule has 2 aromatic carbocycles. The van der Waals surface area contributed by atoms with Crippen molar-refractivity contribution in [2.24, 2.45) is 5.10 Å². The van der Waals surface area contributed by atoms with E-state index in [4.69, 9.17) is 9.47 Å². The molecule has 7 nitrogen and oxygen atoms in total. The van der Waals surface area contributed by atoms with Gasteiger partial charge in [0.05, 0.1) is 26.0 Å². The van der Waals surface area contributed by atoms with Gasteiger partial charge in [0.25, 0.3) is 11.8 Å². The maximum atomic E-state index is 12.7. The van der Waals surface area contributed by atoms with E-state index in [2.05, 4.69) is 15.8 Å². The minimum Gasteiger partial charge on any atom is -0.493 e. The largest absolute Gasteiger partial charge is 0.493 e. The van der Waals surface area contributed by atoms with E-state index in [1.165, 1.54) is 25.6 Å². The van der Waals surface area contributed by atoms with E-state index in [1.807, 2.05) is 36.6 Å². The molecule has 0 spiro atoms. The summed E-state index contributed by atoms with van der Waals surface area (Å²) in [5.41, 5.74) is 6.04. The topological polar surface area (TPSA) is 89.0 Å². The summed E-state index contributed by atoms with van der Waals surface area (Å²) in [4.78, 5) is 25.4. The number of anilines is 1. The van der Waals surface area contributed by atoms with Crippen LogP contribution in [0.3, 0.4) is 0 Å². The fraction of sp³-hybridized carbons (Fsp3) is 0.174. The zero-order valence-electron chi connectivity index (χ0n) is 17.7. The molecule has 0 radical (unpaired) electrons. The Kier molecular flexibility index (Phi) is 7.04. The third-order valence-corrected chi connectivity index (χ3v) is 5.55. The van der Waals surface area contributed by atoms with Gasteiger partial charge >= 0.3 is 0 Å². The second-order valence-electron chi connectivity index (χ2n) is 6.76. The Bertz CT molecular complexity index is 1120. The van der Waals surface area contributed by atoms with Crippen LogP contribution in [0.2, 0.25) is 0 Å². The molecule has 3 aromatic rings. The molecule has 2 amide bonds. The van der Waals surface area contributed by atoms with Crippen LogP contribution in [-0.2, 0) is 0 Å². The van der Waals surface area contributed by atoms with E-state index >= 15 is 0 Å². The minimum atomic E-state index is -0.398. The van der Waals surface area contributed by atoms with E-state index in [9.17, 15) is 9.59 Å². The Morgan fingerprint density at radius 2 is 1.68 bits per heavy atom. The lowest BCUT2D eigenvalue weighted by atomic mass is 10.1. The molecular formula is C23H23N3O4S. The number of amides is 2. The number of carbonyl (C=O) groups excluding carboxylic acids is 2. The number of hydrogen-bond acceptors (Lipinski definition) is 6. The van der Waals surface area contributed by atoms with Crippen molar-refractivity contribution in [3.05, 3.63) is 75.7 Å². The summed E-state index contributed by atoms with van der Waals surface area (Å²) in [6, 6.07) is 12.6. The van der Waals surface area contributed by atoms with Gasteiger partial charge in [-0.25, -0.2) is 5.43 Å². The molecule has 0 atom stereocenters. The van der Waals surface area contributed by atoms with E-state index in [-0.39, 0.29) is 5.91 Å². The highest BCUT2D eigenvalue weighted by atomic mass is 32.1. The van der Waals surface area contributed by atoms with Gasteiger partial charge in [0.15, 0.2) is 11.5 Å². The average molecular weight is 438 g/mol. The van der Waals surface area contributed by atoms with Gasteiger partial charge in [-0.2, -0.15) is 5.10 Å². The van der Waals surface area contributed by atoms with Crippen LogP contribution < -0.4 is 20.2 Å². The summed E-state index contributed by atoms with van der Waals surface area (Å²) in [6.45, 7) is 3.81. The van der Waals surface area contributed by atoms with Gasteiger partial charge < -0.3 is 14.8 Å². The fourth-order valence-corrected chi connectivity index (χ4v) is 3.78. The lowest BCUT2D eigenvalue weighted by Gasteiger charge is -2.10. The van der Waals surface area contributed by atoms with Crippen molar-refractivity contribution in [3.8, 4) is 11.5 Å². The van der Waals surface area contributed by atoms with Crippen molar-refractivity contribution in [2.75, 3.05) is 19.5 Å². The average Bonchev–Trinajstić information content (AvgIpc) is 3.14. The quantitative estimate of drug-likeness (QED) is 0.424. The first-order valence-corrected chi connectivity index (χ1v) is 10.3. The van der Waals surface area contributed by atoms with Crippen molar-refractivity contribution in [2.45, 2.75) is 13.8 Å². The number of nitrogens with one attached hydrogen (secondary N) is 2. The van der Waals surface area contributed by atoms with Crippen LogP contribution >= 0.6 is 11.3 Å². The lowest BCUT2D eigenvalue weighted by Crippen LogP contribution is -2.21. The zero-order valence-corrected chi connectivity index (χ0v) is 18.5. The fourth-order valence-electron chi connectivity index (χ4n) is 2.85. The Hall–Kier alpha value is -3.65. The Morgan fingerprint density at radius 1 is 0.968 bits per heavy atom. The van der Waals surface area contributed by atoms with Crippen molar-refractivity contribution < 1.29 is 19.1 Å². The number of aryl methyl sites for hydroxylation is 2. The molecule has 0 saturated heterocycles. The van der Waals surface area contributed by atoms with Crippen molar-refractivity contribution in [1.29, 1.82) is 0 Å². The molecule has 160 valence electrons. The van der Waals surface area contributed by atoms with Crippen LogP contribution in [0.4, 0.5) is 5.00 Å². The first kappa shape index (κ1) is 22.0. The predicted molar refractivity (Wildman–Crippen MR) is 123 cm³/mol. The van der Waals surface area contributed by atoms with Gasteiger partial charge in [0.1, 0.15) is 5.00 Å². The van der Waals surface area contributed by atoms with Gasteiger partial charge in [-0.15, -0.1) is 11.3 Å². The smallest absolute Gasteiger partial charge is 0.274 e. The van der Waals surface area contributed by atoms with Gasteiger partial charge in [-0.1, -0.05) is 29.8 Å². The highest BCUT2D eigenvalue weighted by Gasteiger charge is 2.19. The molecule has 0 aliphatic rings. The van der Waals surface area contributed by atoms with Crippen LogP contribution in [0.25, 0.3) is 0 Å². The summed E-state index contributed by atoms with van der Waals surface area (Å²) in [7, 11) is 3.03. The summed E-state index contributed by atoms with van der Waals surface area (Å²) in [6.07, 6.45) is 1.57. The number of hydrogen-bond donors (Lipinski definition) is 2. The monoisotopic (exact) mass is 437 g/mol. The van der Waals surface area contributed by atoms with Crippen molar-refractivity contribution >= 4 is 34.4 Å². The summed E-state index contributed by atoms with van der Waals surface area (Å²) in [5.74, 6) is 0.211. The SMILES string of the molecule is COc1ccc(C(=O)Nc2scc(C)c2C(=O)N/N=C/c2ccc(C)cc2)cc1OC. The van der Waals surface area contributed by atoms with Gasteiger partial charge in [-0.3, -0.25) is 9.59 Å². The number of methoxy groups -OCH3 is 2. The highest BCUT2D eigenvalue weighted by molar-refractivity contribution is 7.15. The van der Waals surface area contributed by atoms with Crippen LogP contribution in [0.5, 0.6) is 11.5 Å². The Labute approximate surface area is 184 Å². The standard InChI is InChI=1S/C23H23N3O4S/c1-14-5-7-16(8-6-14)12-24-26-22(28)20-15(2)13-31-23(20)25-21(27)17-9-10-18(29-3)19(11-17)30-4/h5-13H,1-4H3,(H,25,27)(H,26,28)/b24-12+. The Morgan fingerprint density at radius 3 is 2.35 bits per heavy atom. The molecule has 0 aliphatic heterocycles. The molecule has 3 rings (SSSR count). The number of nitrogens with zero attached hydrogens (tertiary/aromatic N) is 1. The maximum absolute atomic E-state index is 12.7. The number of benzene rings is 2. The molecule has 31 heavy (non-hydrogen) atoms. The third-order valence-electron chi connectivity index (χ3n) is 4.53. The molecule has 8 heteroatoms. The molecule has 1 aromatic heterocycles. The molecule has 2 N–H and O–H groups in total. The molecule has 0 saturated carbocycles. The van der Waals surface area contributed by atoms with E-state index in [0.29, 0.717) is 27.6 Å². The lowest BCUT2D eigenvalue weighted by molar-refractivity contribution is 0.0956. The zero-order chi connectivity index (χ0) is 22.4. The van der Waals surface area contributed by atoms with Gasteiger partial charge in [-0.05, 0) is 48.6 Å². The molecule has 0 bridgehead atoms. The van der Waals surface area contributed by atoms with Crippen LogP contribution in [-0.4, -0.2) is 32.2 Å². The summed E-state index contributed by atoms with van der Waals surface area (Å²) < 4.78 is 10.4. The van der Waals surface area contributed by atoms with Crippen LogP contribution in [0.1, 0.15) is 37.4 Å². The van der Waals surface area contributed by atoms with Gasteiger partial charge in [0, 0.05) is 5.56 Å². The normalized spacial score (nSPS) is 10.7. The van der Waals surface area contributed by atoms with Crippen molar-refractivity contribution in [1.82, 2.24) is 5.43 Å². The summed E-state index contributed by atoms with van der Waals surface area (Å²) >= 11 is 1.28. The molecule has 1 heterocycles. The predicted octanol–water partition coefficient (Wildman–Crippen LogP) is 4.40. The van der Waals surface area contributed by atoms with E-state index < -0.39 is 5.91 Å². The van der Waals surface area contributed by atoms with E-state index in [0.717, 1.165) is 16.7 Å². The van der Waals surface area contributed by atoms with Gasteiger partial charge in [0.2, 0.25) is 0 Å². The van der Waals surface area contributed by atoms with Crippen molar-refractivity contribution in [3.63, 3.8) is 0 Å². The molecule has 0 aliphatic carbocycles. The first-order valence-electron chi connectivity index (χ1n) is 9.44. The number of rotatable bonds is 7. The first-order chi connectivity index (χ1) is 14.9. The van der Waals surface area contributed by atoms with E-state index in [1.54, 1.807) is 31.3 Å². The number of ether oxygens (including phenoxy) is 2. The van der Waals surface area contributed by atoms with Crippen LogP contribution in [0, 0.1) is 13.8 Å². The third kappa shape index (κ3) is 5.29.